The van der Waals surface area contributed by atoms with Gasteiger partial charge in [0.05, 0.1) is 11.3 Å². The molecule has 0 bridgehead atoms. The average molecular weight is 212 g/mol. The molecule has 0 spiro atoms. The van der Waals surface area contributed by atoms with Gasteiger partial charge in [-0.25, -0.2) is 0 Å². The molecule has 0 atom stereocenters. The van der Waals surface area contributed by atoms with Crippen molar-refractivity contribution in [2.45, 2.75) is 13.8 Å². The summed E-state index contributed by atoms with van der Waals surface area (Å²) in [5, 5.41) is 13.4. The third kappa shape index (κ3) is 1.47. The van der Waals surface area contributed by atoms with Gasteiger partial charge in [0.15, 0.2) is 0 Å². The van der Waals surface area contributed by atoms with E-state index in [4.69, 9.17) is 5.26 Å². The molecule has 0 aliphatic carbocycles. The second-order valence-electron chi connectivity index (χ2n) is 3.70. The molecule has 0 unspecified atom stereocenters. The fourth-order valence-electron chi connectivity index (χ4n) is 1.86. The van der Waals surface area contributed by atoms with E-state index in [1.807, 2.05) is 31.6 Å². The number of pyridine rings is 1. The molecule has 0 aromatic carbocycles. The van der Waals surface area contributed by atoms with Gasteiger partial charge in [-0.2, -0.15) is 10.4 Å². The van der Waals surface area contributed by atoms with Gasteiger partial charge < -0.3 is 0 Å². The third-order valence-electron chi connectivity index (χ3n) is 2.72. The van der Waals surface area contributed by atoms with Crippen LogP contribution >= 0.6 is 0 Å². The zero-order valence-corrected chi connectivity index (χ0v) is 9.52. The van der Waals surface area contributed by atoms with Gasteiger partial charge in [0.25, 0.3) is 0 Å². The van der Waals surface area contributed by atoms with Gasteiger partial charge in [0, 0.05) is 36.3 Å². The summed E-state index contributed by atoms with van der Waals surface area (Å²) in [7, 11) is 1.90. The Kier molecular flexibility index (Phi) is 2.45. The number of rotatable bonds is 1. The Morgan fingerprint density at radius 3 is 2.69 bits per heavy atom. The molecular weight excluding hydrogens is 200 g/mol. The second kappa shape index (κ2) is 3.78. The number of hydrogen-bond donors (Lipinski definition) is 0. The summed E-state index contributed by atoms with van der Waals surface area (Å²) in [5.74, 6) is 0. The molecule has 0 aliphatic heterocycles. The quantitative estimate of drug-likeness (QED) is 0.726. The predicted molar refractivity (Wildman–Crippen MR) is 60.6 cm³/mol. The minimum atomic E-state index is 0.585. The van der Waals surface area contributed by atoms with E-state index in [1.165, 1.54) is 0 Å². The molecule has 0 saturated carbocycles. The monoisotopic (exact) mass is 212 g/mol. The lowest BCUT2D eigenvalue weighted by molar-refractivity contribution is 0.731. The first-order valence-corrected chi connectivity index (χ1v) is 5.00. The molecular formula is C12H12N4. The lowest BCUT2D eigenvalue weighted by Crippen LogP contribution is -1.93. The first-order valence-electron chi connectivity index (χ1n) is 5.00. The number of nitriles is 1. The van der Waals surface area contributed by atoms with Crippen LogP contribution in [0.4, 0.5) is 0 Å². The number of nitrogens with zero attached hydrogens (tertiary/aromatic N) is 4. The highest BCUT2D eigenvalue weighted by Gasteiger charge is 2.14. The van der Waals surface area contributed by atoms with Crippen molar-refractivity contribution in [2.24, 2.45) is 7.05 Å². The van der Waals surface area contributed by atoms with Gasteiger partial charge >= 0.3 is 0 Å². The van der Waals surface area contributed by atoms with Crippen molar-refractivity contribution in [1.82, 2.24) is 14.8 Å². The van der Waals surface area contributed by atoms with Gasteiger partial charge in [-0.05, 0) is 19.9 Å². The zero-order valence-electron chi connectivity index (χ0n) is 9.52. The van der Waals surface area contributed by atoms with Crippen molar-refractivity contribution >= 4 is 0 Å². The first-order chi connectivity index (χ1) is 7.65. The van der Waals surface area contributed by atoms with Gasteiger partial charge in [0.1, 0.15) is 6.07 Å². The second-order valence-corrected chi connectivity index (χ2v) is 3.70. The van der Waals surface area contributed by atoms with Crippen LogP contribution in [0, 0.1) is 25.2 Å². The van der Waals surface area contributed by atoms with Crippen LogP contribution in [0.5, 0.6) is 0 Å². The highest BCUT2D eigenvalue weighted by molar-refractivity contribution is 5.73. The van der Waals surface area contributed by atoms with Gasteiger partial charge in [-0.3, -0.25) is 9.67 Å². The molecule has 4 heteroatoms. The summed E-state index contributed by atoms with van der Waals surface area (Å²) in [6.45, 7) is 3.95. The van der Waals surface area contributed by atoms with Crippen molar-refractivity contribution in [1.29, 1.82) is 5.26 Å². The van der Waals surface area contributed by atoms with E-state index in [9.17, 15) is 0 Å². The Balaban J connectivity index is 2.73. The molecule has 2 rings (SSSR count). The number of aromatic nitrogens is 3. The van der Waals surface area contributed by atoms with E-state index in [0.717, 1.165) is 22.5 Å². The highest BCUT2D eigenvalue weighted by Crippen LogP contribution is 2.28. The van der Waals surface area contributed by atoms with Gasteiger partial charge in [0.2, 0.25) is 0 Å². The SMILES string of the molecule is Cc1nn(C)c(C)c1-c1ccncc1C#N. The zero-order chi connectivity index (χ0) is 11.7. The van der Waals surface area contributed by atoms with Crippen LogP contribution in [0.3, 0.4) is 0 Å². The minimum Gasteiger partial charge on any atom is -0.272 e. The van der Waals surface area contributed by atoms with Gasteiger partial charge in [-0.1, -0.05) is 0 Å². The van der Waals surface area contributed by atoms with Crippen LogP contribution in [0.1, 0.15) is 17.0 Å². The van der Waals surface area contributed by atoms with Crippen LogP contribution in [0.25, 0.3) is 11.1 Å². The standard InChI is InChI=1S/C12H12N4/c1-8-12(9(2)16(3)15-8)11-4-5-14-7-10(11)6-13/h4-5,7H,1-3H3. The van der Waals surface area contributed by atoms with Crippen molar-refractivity contribution in [3.05, 3.63) is 35.4 Å². The van der Waals surface area contributed by atoms with Crippen LogP contribution in [0.15, 0.2) is 18.5 Å². The summed E-state index contributed by atoms with van der Waals surface area (Å²) >= 11 is 0. The largest absolute Gasteiger partial charge is 0.272 e. The predicted octanol–water partition coefficient (Wildman–Crippen LogP) is 1.97. The summed E-state index contributed by atoms with van der Waals surface area (Å²) < 4.78 is 1.83. The topological polar surface area (TPSA) is 54.5 Å². The third-order valence-corrected chi connectivity index (χ3v) is 2.72. The highest BCUT2D eigenvalue weighted by atomic mass is 15.3. The lowest BCUT2D eigenvalue weighted by atomic mass is 10.0. The number of aryl methyl sites for hydroxylation is 2. The molecule has 16 heavy (non-hydrogen) atoms. The van der Waals surface area contributed by atoms with Crippen LogP contribution in [-0.2, 0) is 7.05 Å². The molecule has 2 aromatic heterocycles. The maximum atomic E-state index is 9.05. The fourth-order valence-corrected chi connectivity index (χ4v) is 1.86. The molecule has 2 heterocycles. The van der Waals surface area contributed by atoms with Crippen molar-refractivity contribution in [2.75, 3.05) is 0 Å². The maximum Gasteiger partial charge on any atom is 0.101 e. The summed E-state index contributed by atoms with van der Waals surface area (Å²) in [6, 6.07) is 4.01. The van der Waals surface area contributed by atoms with Crippen molar-refractivity contribution < 1.29 is 0 Å². The summed E-state index contributed by atoms with van der Waals surface area (Å²) in [5.41, 5.74) is 4.51. The number of hydrogen-bond acceptors (Lipinski definition) is 3. The molecule has 80 valence electrons. The van der Waals surface area contributed by atoms with Gasteiger partial charge in [-0.15, -0.1) is 0 Å². The lowest BCUT2D eigenvalue weighted by Gasteiger charge is -2.03. The van der Waals surface area contributed by atoms with E-state index in [1.54, 1.807) is 12.4 Å². The average Bonchev–Trinajstić information content (AvgIpc) is 2.53. The summed E-state index contributed by atoms with van der Waals surface area (Å²) in [6.07, 6.45) is 3.28. The Hall–Kier alpha value is -2.15. The Labute approximate surface area is 94.2 Å². The Morgan fingerprint density at radius 2 is 2.12 bits per heavy atom. The molecule has 0 saturated heterocycles. The normalized spacial score (nSPS) is 10.1. The van der Waals surface area contributed by atoms with E-state index in [0.29, 0.717) is 5.56 Å². The van der Waals surface area contributed by atoms with Crippen molar-refractivity contribution in [3.63, 3.8) is 0 Å². The maximum absolute atomic E-state index is 9.05. The Bertz CT molecular complexity index is 575. The van der Waals surface area contributed by atoms with E-state index in [2.05, 4.69) is 16.2 Å². The van der Waals surface area contributed by atoms with E-state index in [-0.39, 0.29) is 0 Å². The molecule has 0 aliphatic rings. The van der Waals surface area contributed by atoms with Crippen molar-refractivity contribution in [3.8, 4) is 17.2 Å². The molecule has 0 radical (unpaired) electrons. The molecule has 4 nitrogen and oxygen atoms in total. The van der Waals surface area contributed by atoms with Crippen LogP contribution in [-0.4, -0.2) is 14.8 Å². The van der Waals surface area contributed by atoms with E-state index >= 15 is 0 Å². The molecule has 0 amide bonds. The van der Waals surface area contributed by atoms with Crippen LogP contribution < -0.4 is 0 Å². The molecule has 0 N–H and O–H groups in total. The van der Waals surface area contributed by atoms with E-state index < -0.39 is 0 Å². The molecule has 0 fully saturated rings. The minimum absolute atomic E-state index is 0.585. The fraction of sp³-hybridized carbons (Fsp3) is 0.250. The summed E-state index contributed by atoms with van der Waals surface area (Å²) in [4.78, 5) is 3.96. The molecule has 2 aromatic rings. The smallest absolute Gasteiger partial charge is 0.101 e. The Morgan fingerprint density at radius 1 is 1.38 bits per heavy atom. The van der Waals surface area contributed by atoms with Crippen LogP contribution in [0.2, 0.25) is 0 Å². The first kappa shape index (κ1) is 10.4.